The molecule has 0 fully saturated rings. The summed E-state index contributed by atoms with van der Waals surface area (Å²) in [5.41, 5.74) is 3.12. The Kier molecular flexibility index (Phi) is 5.15. The molecule has 2 aromatic carbocycles. The van der Waals surface area contributed by atoms with Crippen LogP contribution in [0.3, 0.4) is 0 Å². The van der Waals surface area contributed by atoms with E-state index < -0.39 is 5.91 Å². The second-order valence-corrected chi connectivity index (χ2v) is 5.36. The molecule has 5 heteroatoms. The number of amides is 1. The van der Waals surface area contributed by atoms with Crippen LogP contribution in [-0.2, 0) is 6.42 Å². The van der Waals surface area contributed by atoms with E-state index >= 15 is 0 Å². The normalized spacial score (nSPS) is 10.3. The molecule has 2 aromatic rings. The van der Waals surface area contributed by atoms with Crippen molar-refractivity contribution < 1.29 is 14.4 Å². The molecule has 0 spiro atoms. The molecule has 0 radical (unpaired) electrons. The average Bonchev–Trinajstić information content (AvgIpc) is 2.49. The van der Waals surface area contributed by atoms with E-state index in [1.54, 1.807) is 41.5 Å². The van der Waals surface area contributed by atoms with Crippen molar-refractivity contribution in [3.05, 3.63) is 65.5 Å². The lowest BCUT2D eigenvalue weighted by atomic mass is 10.1. The maximum absolute atomic E-state index is 12.7. The molecule has 0 bridgehead atoms. The van der Waals surface area contributed by atoms with Gasteiger partial charge in [-0.1, -0.05) is 12.1 Å². The standard InChI is InChI=1S/C15H14FNO2S/c16-13-5-7-14(8-6-13)20-10-9-11-1-3-12(4-2-11)15(18)17-19/h1-8,19H,9-10H2,(H,17,18). The van der Waals surface area contributed by atoms with E-state index in [2.05, 4.69) is 0 Å². The average molecular weight is 291 g/mol. The summed E-state index contributed by atoms with van der Waals surface area (Å²) in [6.07, 6.45) is 0.850. The van der Waals surface area contributed by atoms with Crippen molar-refractivity contribution in [3.63, 3.8) is 0 Å². The van der Waals surface area contributed by atoms with Crippen molar-refractivity contribution in [2.45, 2.75) is 11.3 Å². The van der Waals surface area contributed by atoms with Gasteiger partial charge in [0.1, 0.15) is 5.82 Å². The lowest BCUT2D eigenvalue weighted by molar-refractivity contribution is 0.0706. The number of rotatable bonds is 5. The van der Waals surface area contributed by atoms with E-state index in [0.29, 0.717) is 5.56 Å². The van der Waals surface area contributed by atoms with E-state index in [-0.39, 0.29) is 5.82 Å². The zero-order valence-corrected chi connectivity index (χ0v) is 11.5. The minimum Gasteiger partial charge on any atom is -0.288 e. The lowest BCUT2D eigenvalue weighted by Gasteiger charge is -2.04. The monoisotopic (exact) mass is 291 g/mol. The first-order valence-corrected chi connectivity index (χ1v) is 7.09. The number of hydrogen-bond donors (Lipinski definition) is 2. The van der Waals surface area contributed by atoms with Gasteiger partial charge >= 0.3 is 0 Å². The van der Waals surface area contributed by atoms with E-state index in [1.165, 1.54) is 12.1 Å². The third-order valence-electron chi connectivity index (χ3n) is 2.79. The highest BCUT2D eigenvalue weighted by Gasteiger charge is 2.03. The van der Waals surface area contributed by atoms with Crippen LogP contribution in [0.4, 0.5) is 4.39 Å². The zero-order valence-electron chi connectivity index (χ0n) is 10.7. The van der Waals surface area contributed by atoms with Gasteiger partial charge in [0.2, 0.25) is 0 Å². The number of nitrogens with one attached hydrogen (secondary N) is 1. The van der Waals surface area contributed by atoms with E-state index in [4.69, 9.17) is 5.21 Å². The summed E-state index contributed by atoms with van der Waals surface area (Å²) in [7, 11) is 0. The van der Waals surface area contributed by atoms with Crippen LogP contribution in [0.2, 0.25) is 0 Å². The Labute approximate surface area is 120 Å². The number of hydroxylamine groups is 1. The highest BCUT2D eigenvalue weighted by Crippen LogP contribution is 2.19. The molecule has 0 heterocycles. The van der Waals surface area contributed by atoms with Gasteiger partial charge in [0.15, 0.2) is 0 Å². The maximum atomic E-state index is 12.7. The molecule has 0 aromatic heterocycles. The van der Waals surface area contributed by atoms with Crippen molar-refractivity contribution in [2.24, 2.45) is 0 Å². The molecule has 0 unspecified atom stereocenters. The Morgan fingerprint density at radius 3 is 2.35 bits per heavy atom. The molecule has 0 aliphatic carbocycles. The van der Waals surface area contributed by atoms with Crippen LogP contribution < -0.4 is 5.48 Å². The fourth-order valence-electron chi connectivity index (χ4n) is 1.70. The maximum Gasteiger partial charge on any atom is 0.274 e. The van der Waals surface area contributed by atoms with Crippen LogP contribution in [0.5, 0.6) is 0 Å². The summed E-state index contributed by atoms with van der Waals surface area (Å²) in [5, 5.41) is 8.51. The number of halogens is 1. The second kappa shape index (κ2) is 7.07. The van der Waals surface area contributed by atoms with Gasteiger partial charge in [-0.2, -0.15) is 0 Å². The van der Waals surface area contributed by atoms with Crippen LogP contribution in [-0.4, -0.2) is 16.9 Å². The predicted molar refractivity (Wildman–Crippen MR) is 76.5 cm³/mol. The SMILES string of the molecule is O=C(NO)c1ccc(CCSc2ccc(F)cc2)cc1. The van der Waals surface area contributed by atoms with Crippen molar-refractivity contribution >= 4 is 17.7 Å². The Morgan fingerprint density at radius 1 is 1.10 bits per heavy atom. The van der Waals surface area contributed by atoms with Crippen molar-refractivity contribution in [1.29, 1.82) is 0 Å². The summed E-state index contributed by atoms with van der Waals surface area (Å²) in [5.74, 6) is 0.126. The molecule has 20 heavy (non-hydrogen) atoms. The first-order chi connectivity index (χ1) is 9.69. The van der Waals surface area contributed by atoms with Gasteiger partial charge in [-0.15, -0.1) is 11.8 Å². The van der Waals surface area contributed by atoms with Gasteiger partial charge in [-0.05, 0) is 48.4 Å². The first-order valence-electron chi connectivity index (χ1n) is 6.11. The molecule has 2 N–H and O–H groups in total. The summed E-state index contributed by atoms with van der Waals surface area (Å²) < 4.78 is 12.7. The second-order valence-electron chi connectivity index (χ2n) is 4.19. The molecule has 0 aliphatic rings. The Bertz CT molecular complexity index is 569. The highest BCUT2D eigenvalue weighted by atomic mass is 32.2. The van der Waals surface area contributed by atoms with Crippen molar-refractivity contribution in [2.75, 3.05) is 5.75 Å². The molecular weight excluding hydrogens is 277 g/mol. The summed E-state index contributed by atoms with van der Waals surface area (Å²) in [4.78, 5) is 12.2. The largest absolute Gasteiger partial charge is 0.288 e. The Morgan fingerprint density at radius 2 is 1.75 bits per heavy atom. The van der Waals surface area contributed by atoms with E-state index in [1.807, 2.05) is 12.1 Å². The zero-order chi connectivity index (χ0) is 14.4. The number of thioether (sulfide) groups is 1. The Balaban J connectivity index is 1.85. The smallest absolute Gasteiger partial charge is 0.274 e. The number of benzene rings is 2. The molecule has 0 atom stereocenters. The molecular formula is C15H14FNO2S. The molecule has 2 rings (SSSR count). The highest BCUT2D eigenvalue weighted by molar-refractivity contribution is 7.99. The quantitative estimate of drug-likeness (QED) is 0.505. The first kappa shape index (κ1) is 14.6. The molecule has 0 saturated heterocycles. The van der Waals surface area contributed by atoms with Crippen LogP contribution in [0, 0.1) is 5.82 Å². The minimum absolute atomic E-state index is 0.230. The van der Waals surface area contributed by atoms with Gasteiger partial charge in [0.25, 0.3) is 5.91 Å². The van der Waals surface area contributed by atoms with E-state index in [0.717, 1.165) is 22.6 Å². The fourth-order valence-corrected chi connectivity index (χ4v) is 2.61. The molecule has 0 aliphatic heterocycles. The van der Waals surface area contributed by atoms with Crippen LogP contribution in [0.1, 0.15) is 15.9 Å². The van der Waals surface area contributed by atoms with Gasteiger partial charge in [-0.3, -0.25) is 10.0 Å². The number of aryl methyl sites for hydroxylation is 1. The van der Waals surface area contributed by atoms with Crippen molar-refractivity contribution in [1.82, 2.24) is 5.48 Å². The number of carbonyl (C=O) groups is 1. The van der Waals surface area contributed by atoms with Crippen LogP contribution in [0.25, 0.3) is 0 Å². The summed E-state index contributed by atoms with van der Waals surface area (Å²) in [6, 6.07) is 13.5. The van der Waals surface area contributed by atoms with Gasteiger partial charge in [0, 0.05) is 16.2 Å². The van der Waals surface area contributed by atoms with Gasteiger partial charge in [-0.25, -0.2) is 9.87 Å². The van der Waals surface area contributed by atoms with Crippen molar-refractivity contribution in [3.8, 4) is 0 Å². The number of hydrogen-bond acceptors (Lipinski definition) is 3. The molecule has 104 valence electrons. The van der Waals surface area contributed by atoms with Gasteiger partial charge in [0.05, 0.1) is 0 Å². The minimum atomic E-state index is -0.516. The third kappa shape index (κ3) is 4.08. The Hall–Kier alpha value is -1.85. The molecule has 0 saturated carbocycles. The van der Waals surface area contributed by atoms with Gasteiger partial charge < -0.3 is 0 Å². The third-order valence-corrected chi connectivity index (χ3v) is 3.80. The molecule has 3 nitrogen and oxygen atoms in total. The van der Waals surface area contributed by atoms with Crippen LogP contribution in [0.15, 0.2) is 53.4 Å². The summed E-state index contributed by atoms with van der Waals surface area (Å²) >= 11 is 1.65. The van der Waals surface area contributed by atoms with Crippen LogP contribution >= 0.6 is 11.8 Å². The van der Waals surface area contributed by atoms with E-state index in [9.17, 15) is 9.18 Å². The fraction of sp³-hybridized carbons (Fsp3) is 0.133. The summed E-state index contributed by atoms with van der Waals surface area (Å²) in [6.45, 7) is 0. The number of carbonyl (C=O) groups excluding carboxylic acids is 1. The molecule has 1 amide bonds. The lowest BCUT2D eigenvalue weighted by Crippen LogP contribution is -2.18. The predicted octanol–water partition coefficient (Wildman–Crippen LogP) is 3.28. The topological polar surface area (TPSA) is 49.3 Å².